The molecule has 1 atom stereocenters. The first-order chi connectivity index (χ1) is 7.78. The molecule has 1 N–H and O–H groups in total. The number of alkyl halides is 1. The Bertz CT molecular complexity index is 330. The van der Waals surface area contributed by atoms with Crippen LogP contribution in [0.25, 0.3) is 0 Å². The molecule has 6 nitrogen and oxygen atoms in total. The molecule has 17 heavy (non-hydrogen) atoms. The minimum Gasteiger partial charge on any atom is -0.468 e. The molecular weight excluding hydrogens is 361 g/mol. The van der Waals surface area contributed by atoms with Crippen molar-refractivity contribution in [2.75, 3.05) is 26.0 Å². The summed E-state index contributed by atoms with van der Waals surface area (Å²) in [4.78, 5) is 11.0. The van der Waals surface area contributed by atoms with Crippen LogP contribution in [0, 0.1) is 0 Å². The van der Waals surface area contributed by atoms with Crippen molar-refractivity contribution in [3.8, 4) is 0 Å². The van der Waals surface area contributed by atoms with Crippen molar-refractivity contribution >= 4 is 38.6 Å². The van der Waals surface area contributed by atoms with Crippen molar-refractivity contribution < 1.29 is 22.7 Å². The first kappa shape index (κ1) is 17.1. The molecule has 0 radical (unpaired) electrons. The van der Waals surface area contributed by atoms with Crippen LogP contribution in [0.5, 0.6) is 0 Å². The van der Waals surface area contributed by atoms with Crippen LogP contribution in [0.15, 0.2) is 0 Å². The molecule has 0 amide bonds. The van der Waals surface area contributed by atoms with Gasteiger partial charge in [0.2, 0.25) is 10.0 Å². The highest BCUT2D eigenvalue weighted by atomic mass is 127. The van der Waals surface area contributed by atoms with Crippen molar-refractivity contribution in [1.82, 2.24) is 4.72 Å². The molecular formula is C9H18INO5S. The van der Waals surface area contributed by atoms with Gasteiger partial charge >= 0.3 is 5.97 Å². The van der Waals surface area contributed by atoms with E-state index >= 15 is 0 Å². The summed E-state index contributed by atoms with van der Waals surface area (Å²) in [5.74, 6) is -0.567. The minimum atomic E-state index is -3.40. The molecule has 0 saturated carbocycles. The zero-order valence-corrected chi connectivity index (χ0v) is 13.1. The van der Waals surface area contributed by atoms with Gasteiger partial charge in [0.05, 0.1) is 25.6 Å². The Hall–Kier alpha value is 0.0700. The predicted octanol–water partition coefficient (Wildman–Crippen LogP) is 0.307. The van der Waals surface area contributed by atoms with Gasteiger partial charge in [0, 0.05) is 6.54 Å². The fraction of sp³-hybridized carbons (Fsp3) is 0.889. The Morgan fingerprint density at radius 2 is 2.00 bits per heavy atom. The highest BCUT2D eigenvalue weighted by molar-refractivity contribution is 14.1. The van der Waals surface area contributed by atoms with Crippen molar-refractivity contribution in [3.05, 3.63) is 0 Å². The number of ether oxygens (including phenoxy) is 2. The van der Waals surface area contributed by atoms with E-state index in [1.807, 2.05) is 36.4 Å². The monoisotopic (exact) mass is 379 g/mol. The second kappa shape index (κ2) is 8.22. The topological polar surface area (TPSA) is 81.7 Å². The van der Waals surface area contributed by atoms with E-state index in [1.54, 1.807) is 0 Å². The molecule has 0 heterocycles. The normalized spacial score (nSPS) is 13.7. The third kappa shape index (κ3) is 8.75. The summed E-state index contributed by atoms with van der Waals surface area (Å²) in [7, 11) is -2.14. The van der Waals surface area contributed by atoms with Gasteiger partial charge in [-0.05, 0) is 13.8 Å². The Labute approximate surface area is 116 Å². The molecule has 0 bridgehead atoms. The molecule has 0 aliphatic heterocycles. The maximum absolute atomic E-state index is 11.5. The molecule has 0 spiro atoms. The van der Waals surface area contributed by atoms with Gasteiger partial charge in [-0.3, -0.25) is 4.79 Å². The quantitative estimate of drug-likeness (QED) is 0.373. The summed E-state index contributed by atoms with van der Waals surface area (Å²) in [6.07, 6.45) is -0.00223. The smallest absolute Gasteiger partial charge is 0.319 e. The number of hydrogen-bond donors (Lipinski definition) is 1. The summed E-state index contributed by atoms with van der Waals surface area (Å²) in [6, 6.07) is 0. The lowest BCUT2D eigenvalue weighted by Gasteiger charge is -2.11. The first-order valence-electron chi connectivity index (χ1n) is 5.09. The van der Waals surface area contributed by atoms with E-state index in [-0.39, 0.29) is 25.0 Å². The second-order valence-electron chi connectivity index (χ2n) is 3.58. The number of nitrogens with one attached hydrogen (secondary N) is 1. The molecule has 0 fully saturated rings. The van der Waals surface area contributed by atoms with Crippen molar-refractivity contribution in [1.29, 1.82) is 0 Å². The molecule has 0 rings (SSSR count). The van der Waals surface area contributed by atoms with Crippen LogP contribution < -0.4 is 4.72 Å². The number of rotatable bonds is 8. The van der Waals surface area contributed by atoms with E-state index in [1.165, 1.54) is 7.11 Å². The fourth-order valence-corrected chi connectivity index (χ4v) is 2.53. The number of sulfonamides is 1. The Balaban J connectivity index is 3.97. The van der Waals surface area contributed by atoms with Crippen LogP contribution in [0.1, 0.15) is 13.8 Å². The lowest BCUT2D eigenvalue weighted by molar-refractivity contribution is -0.139. The van der Waals surface area contributed by atoms with E-state index < -0.39 is 19.9 Å². The molecule has 1 unspecified atom stereocenters. The third-order valence-electron chi connectivity index (χ3n) is 1.74. The lowest BCUT2D eigenvalue weighted by Crippen LogP contribution is -2.36. The van der Waals surface area contributed by atoms with Crippen molar-refractivity contribution in [2.24, 2.45) is 0 Å². The summed E-state index contributed by atoms with van der Waals surface area (Å²) in [5, 5.41) is 0. The van der Waals surface area contributed by atoms with Gasteiger partial charge in [0.25, 0.3) is 0 Å². The number of methoxy groups -OCH3 is 1. The molecule has 0 aromatic rings. The Kier molecular flexibility index (Phi) is 8.25. The largest absolute Gasteiger partial charge is 0.468 e. The number of hydrogen-bond acceptors (Lipinski definition) is 5. The highest BCUT2D eigenvalue weighted by Gasteiger charge is 2.18. The van der Waals surface area contributed by atoms with Gasteiger partial charge in [-0.15, -0.1) is 0 Å². The number of carbonyl (C=O) groups excluding carboxylic acids is 1. The van der Waals surface area contributed by atoms with Crippen LogP contribution >= 0.6 is 22.6 Å². The summed E-state index contributed by atoms with van der Waals surface area (Å²) in [5.41, 5.74) is 0. The van der Waals surface area contributed by atoms with Gasteiger partial charge in [-0.1, -0.05) is 22.6 Å². The van der Waals surface area contributed by atoms with E-state index in [0.717, 1.165) is 0 Å². The molecule has 0 saturated heterocycles. The van der Waals surface area contributed by atoms with Gasteiger partial charge in [0.15, 0.2) is 0 Å². The summed E-state index contributed by atoms with van der Waals surface area (Å²) in [6.45, 7) is 3.82. The SMILES string of the molecule is COC(=O)C(I)CNS(=O)(=O)CCOC(C)C. The zero-order chi connectivity index (χ0) is 13.5. The summed E-state index contributed by atoms with van der Waals surface area (Å²) < 4.78 is 34.4. The number of esters is 1. The van der Waals surface area contributed by atoms with E-state index in [4.69, 9.17) is 4.74 Å². The van der Waals surface area contributed by atoms with Crippen LogP contribution in [0.2, 0.25) is 0 Å². The van der Waals surface area contributed by atoms with Crippen LogP contribution in [-0.2, 0) is 24.3 Å². The maximum atomic E-state index is 11.5. The van der Waals surface area contributed by atoms with Crippen molar-refractivity contribution in [2.45, 2.75) is 23.9 Å². The highest BCUT2D eigenvalue weighted by Crippen LogP contribution is 2.02. The standard InChI is InChI=1S/C9H18INO5S/c1-7(2)16-4-5-17(13,14)11-6-8(10)9(12)15-3/h7-8,11H,4-6H2,1-3H3. The lowest BCUT2D eigenvalue weighted by atomic mass is 10.4. The van der Waals surface area contributed by atoms with Crippen LogP contribution in [0.3, 0.4) is 0 Å². The third-order valence-corrected chi connectivity index (χ3v) is 4.00. The number of carbonyl (C=O) groups is 1. The van der Waals surface area contributed by atoms with Crippen LogP contribution in [-0.4, -0.2) is 50.4 Å². The van der Waals surface area contributed by atoms with Gasteiger partial charge in [-0.2, -0.15) is 0 Å². The average molecular weight is 379 g/mol. The van der Waals surface area contributed by atoms with E-state index in [0.29, 0.717) is 0 Å². The molecule has 0 aliphatic carbocycles. The Morgan fingerprint density at radius 3 is 2.47 bits per heavy atom. The zero-order valence-electron chi connectivity index (χ0n) is 10.1. The molecule has 0 aromatic heterocycles. The average Bonchev–Trinajstić information content (AvgIpc) is 2.24. The number of halogens is 1. The van der Waals surface area contributed by atoms with E-state index in [9.17, 15) is 13.2 Å². The summed E-state index contributed by atoms with van der Waals surface area (Å²) >= 11 is 1.82. The minimum absolute atomic E-state index is 0.00223. The van der Waals surface area contributed by atoms with Crippen LogP contribution in [0.4, 0.5) is 0 Å². The van der Waals surface area contributed by atoms with E-state index in [2.05, 4.69) is 9.46 Å². The molecule has 0 aliphatic rings. The Morgan fingerprint density at radius 1 is 1.41 bits per heavy atom. The molecule has 102 valence electrons. The predicted molar refractivity (Wildman–Crippen MR) is 72.7 cm³/mol. The van der Waals surface area contributed by atoms with Gasteiger partial charge in [0.1, 0.15) is 3.92 Å². The fourth-order valence-electron chi connectivity index (χ4n) is 0.877. The van der Waals surface area contributed by atoms with Gasteiger partial charge in [-0.25, -0.2) is 13.1 Å². The van der Waals surface area contributed by atoms with Gasteiger partial charge < -0.3 is 9.47 Å². The maximum Gasteiger partial charge on any atom is 0.319 e. The van der Waals surface area contributed by atoms with Crippen molar-refractivity contribution in [3.63, 3.8) is 0 Å². The molecule has 0 aromatic carbocycles. The second-order valence-corrected chi connectivity index (χ2v) is 7.01. The first-order valence-corrected chi connectivity index (χ1v) is 7.99. The molecule has 8 heteroatoms.